The highest BCUT2D eigenvalue weighted by Crippen LogP contribution is 2.21. The summed E-state index contributed by atoms with van der Waals surface area (Å²) in [5, 5.41) is 40.7. The summed E-state index contributed by atoms with van der Waals surface area (Å²) in [6, 6.07) is 0. The molecule has 0 saturated carbocycles. The molecule has 5 atom stereocenters. The van der Waals surface area contributed by atoms with Gasteiger partial charge in [0.25, 0.3) is 0 Å². The third-order valence-electron chi connectivity index (χ3n) is 3.74. The number of aliphatic hydroxyl groups is 4. The van der Waals surface area contributed by atoms with Crippen LogP contribution in [0.2, 0.25) is 0 Å². The Bertz CT molecular complexity index is 403. The van der Waals surface area contributed by atoms with Crippen molar-refractivity contribution in [3.05, 3.63) is 0 Å². The number of nitrogens with one attached hydrogen (secondary N) is 1. The van der Waals surface area contributed by atoms with Crippen molar-refractivity contribution in [2.24, 2.45) is 0 Å². The minimum absolute atomic E-state index is 0.0296. The number of ketones is 1. The molecule has 0 aromatic carbocycles. The van der Waals surface area contributed by atoms with Crippen molar-refractivity contribution in [1.82, 2.24) is 5.32 Å². The molecular weight excluding hydrogens is 322 g/mol. The van der Waals surface area contributed by atoms with Crippen LogP contribution in [0, 0.1) is 0 Å². The molecule has 0 spiro atoms. The topological polar surface area (TPSA) is 146 Å². The highest BCUT2D eigenvalue weighted by Gasteiger charge is 2.43. The Morgan fingerprint density at radius 1 is 1.08 bits per heavy atom. The van der Waals surface area contributed by atoms with E-state index < -0.39 is 37.3 Å². The molecule has 0 aromatic heterocycles. The molecule has 140 valence electrons. The molecule has 1 amide bonds. The minimum Gasteiger partial charge on any atom is -0.394 e. The van der Waals surface area contributed by atoms with E-state index in [2.05, 4.69) is 5.32 Å². The van der Waals surface area contributed by atoms with Crippen LogP contribution in [0.1, 0.15) is 32.6 Å². The zero-order chi connectivity index (χ0) is 18.1. The van der Waals surface area contributed by atoms with Gasteiger partial charge in [-0.1, -0.05) is 0 Å². The second-order valence-corrected chi connectivity index (χ2v) is 5.83. The van der Waals surface area contributed by atoms with Crippen LogP contribution in [0.4, 0.5) is 0 Å². The third-order valence-corrected chi connectivity index (χ3v) is 3.74. The van der Waals surface area contributed by atoms with Crippen LogP contribution in [0.5, 0.6) is 0 Å². The molecule has 1 aliphatic rings. The van der Waals surface area contributed by atoms with Gasteiger partial charge in [-0.3, -0.25) is 4.79 Å². The average molecular weight is 349 g/mol. The van der Waals surface area contributed by atoms with Gasteiger partial charge in [0.15, 0.2) is 6.29 Å². The fraction of sp³-hybridized carbons (Fsp3) is 0.867. The molecule has 0 aliphatic carbocycles. The van der Waals surface area contributed by atoms with Crippen LogP contribution in [0.3, 0.4) is 0 Å². The number of aliphatic hydroxyl groups excluding tert-OH is 4. The zero-order valence-corrected chi connectivity index (χ0v) is 13.8. The van der Waals surface area contributed by atoms with Gasteiger partial charge in [0.05, 0.1) is 13.2 Å². The Morgan fingerprint density at radius 2 is 1.75 bits per heavy atom. The van der Waals surface area contributed by atoms with Crippen LogP contribution >= 0.6 is 0 Å². The van der Waals surface area contributed by atoms with E-state index >= 15 is 0 Å². The fourth-order valence-electron chi connectivity index (χ4n) is 2.32. The molecule has 0 unspecified atom stereocenters. The first kappa shape index (κ1) is 20.9. The number of carbonyl (C=O) groups is 2. The predicted octanol–water partition coefficient (Wildman–Crippen LogP) is -1.93. The fourth-order valence-corrected chi connectivity index (χ4v) is 2.32. The van der Waals surface area contributed by atoms with E-state index in [0.29, 0.717) is 25.7 Å². The van der Waals surface area contributed by atoms with Gasteiger partial charge in [0, 0.05) is 19.4 Å². The van der Waals surface area contributed by atoms with Crippen LogP contribution in [0.25, 0.3) is 0 Å². The lowest BCUT2D eigenvalue weighted by Crippen LogP contribution is -2.59. The molecule has 1 rings (SSSR count). The van der Waals surface area contributed by atoms with E-state index in [9.17, 15) is 24.9 Å². The second kappa shape index (κ2) is 10.7. The Hall–Kier alpha value is -1.10. The molecule has 0 aromatic rings. The first-order chi connectivity index (χ1) is 11.4. The van der Waals surface area contributed by atoms with Gasteiger partial charge in [0.2, 0.25) is 5.91 Å². The average Bonchev–Trinajstić information content (AvgIpc) is 2.55. The minimum atomic E-state index is -1.49. The number of rotatable bonds is 10. The maximum atomic E-state index is 11.6. The number of hydrogen-bond donors (Lipinski definition) is 5. The summed E-state index contributed by atoms with van der Waals surface area (Å²) in [5.41, 5.74) is 0. The number of unbranched alkanes of at least 4 members (excludes halogenated alkanes) is 1. The Balaban J connectivity index is 2.19. The van der Waals surface area contributed by atoms with Crippen molar-refractivity contribution in [2.75, 3.05) is 19.8 Å². The van der Waals surface area contributed by atoms with Crippen molar-refractivity contribution in [3.63, 3.8) is 0 Å². The van der Waals surface area contributed by atoms with Gasteiger partial charge in [-0.2, -0.15) is 0 Å². The maximum absolute atomic E-state index is 11.6. The molecule has 0 radical (unpaired) electrons. The molecule has 9 nitrogen and oxygen atoms in total. The Kier molecular flexibility index (Phi) is 9.34. The molecule has 24 heavy (non-hydrogen) atoms. The summed E-state index contributed by atoms with van der Waals surface area (Å²) >= 11 is 0. The number of hydrogen-bond acceptors (Lipinski definition) is 8. The van der Waals surface area contributed by atoms with Crippen LogP contribution < -0.4 is 5.32 Å². The van der Waals surface area contributed by atoms with E-state index in [0.717, 1.165) is 0 Å². The summed E-state index contributed by atoms with van der Waals surface area (Å²) < 4.78 is 10.4. The Labute approximate surface area is 140 Å². The van der Waals surface area contributed by atoms with Gasteiger partial charge in [-0.15, -0.1) is 0 Å². The third kappa shape index (κ3) is 6.80. The zero-order valence-electron chi connectivity index (χ0n) is 13.8. The Morgan fingerprint density at radius 3 is 2.38 bits per heavy atom. The van der Waals surface area contributed by atoms with Crippen molar-refractivity contribution in [1.29, 1.82) is 0 Å². The SMILES string of the molecule is CC(=O)CCCCC(=O)NCCO[C@@H]1O[C@H](CO)[C@@H](O)[C@H](O)[C@@H]1O. The standard InChI is InChI=1S/C15H27NO8/c1-9(18)4-2-3-5-11(19)16-6-7-23-15-14(22)13(21)12(20)10(8-17)24-15/h10,12-15,17,20-22H,2-8H2,1H3,(H,16,19)/t10-,12-,13+,14+,15-/m1/s1. The first-order valence-corrected chi connectivity index (χ1v) is 8.05. The molecule has 5 N–H and O–H groups in total. The summed E-state index contributed by atoms with van der Waals surface area (Å²) in [6.07, 6.45) is -4.53. The predicted molar refractivity (Wildman–Crippen MR) is 81.9 cm³/mol. The van der Waals surface area contributed by atoms with Crippen molar-refractivity contribution in [2.45, 2.75) is 63.3 Å². The molecule has 1 saturated heterocycles. The van der Waals surface area contributed by atoms with Crippen LogP contribution in [0.15, 0.2) is 0 Å². The number of ether oxygens (including phenoxy) is 2. The maximum Gasteiger partial charge on any atom is 0.220 e. The van der Waals surface area contributed by atoms with Gasteiger partial charge in [-0.05, 0) is 19.8 Å². The van der Waals surface area contributed by atoms with Gasteiger partial charge < -0.3 is 40.0 Å². The second-order valence-electron chi connectivity index (χ2n) is 5.83. The lowest BCUT2D eigenvalue weighted by molar-refractivity contribution is -0.300. The largest absolute Gasteiger partial charge is 0.394 e. The lowest BCUT2D eigenvalue weighted by Gasteiger charge is -2.39. The van der Waals surface area contributed by atoms with Crippen LogP contribution in [-0.2, 0) is 19.1 Å². The van der Waals surface area contributed by atoms with Crippen molar-refractivity contribution < 1.29 is 39.5 Å². The number of amides is 1. The van der Waals surface area contributed by atoms with E-state index in [1.807, 2.05) is 0 Å². The van der Waals surface area contributed by atoms with E-state index in [-0.39, 0.29) is 24.8 Å². The summed E-state index contributed by atoms with van der Waals surface area (Å²) in [6.45, 7) is 1.20. The van der Waals surface area contributed by atoms with Crippen molar-refractivity contribution in [3.8, 4) is 0 Å². The number of carbonyl (C=O) groups excluding carboxylic acids is 2. The summed E-state index contributed by atoms with van der Waals surface area (Å²) in [4.78, 5) is 22.3. The molecule has 1 heterocycles. The lowest BCUT2D eigenvalue weighted by atomic mass is 9.99. The summed E-state index contributed by atoms with van der Waals surface area (Å²) in [7, 11) is 0. The van der Waals surface area contributed by atoms with Gasteiger partial charge in [0.1, 0.15) is 30.2 Å². The van der Waals surface area contributed by atoms with E-state index in [1.54, 1.807) is 0 Å². The molecule has 1 aliphatic heterocycles. The summed E-state index contributed by atoms with van der Waals surface area (Å²) in [5.74, 6) is -0.0701. The quantitative estimate of drug-likeness (QED) is 0.287. The highest BCUT2D eigenvalue weighted by atomic mass is 16.7. The molecule has 1 fully saturated rings. The number of Topliss-reactive ketones (excluding diaryl/α,β-unsaturated/α-hetero) is 1. The molecule has 9 heteroatoms. The highest BCUT2D eigenvalue weighted by molar-refractivity contribution is 5.76. The van der Waals surface area contributed by atoms with Crippen LogP contribution in [-0.4, -0.2) is 82.6 Å². The molecule has 0 bridgehead atoms. The van der Waals surface area contributed by atoms with E-state index in [4.69, 9.17) is 14.6 Å². The normalized spacial score (nSPS) is 30.1. The van der Waals surface area contributed by atoms with Crippen molar-refractivity contribution >= 4 is 11.7 Å². The van der Waals surface area contributed by atoms with Gasteiger partial charge in [-0.25, -0.2) is 0 Å². The smallest absolute Gasteiger partial charge is 0.220 e. The molecular formula is C15H27NO8. The van der Waals surface area contributed by atoms with Gasteiger partial charge >= 0.3 is 0 Å². The monoisotopic (exact) mass is 349 g/mol. The first-order valence-electron chi connectivity index (χ1n) is 8.05. The van der Waals surface area contributed by atoms with E-state index in [1.165, 1.54) is 6.92 Å².